The summed E-state index contributed by atoms with van der Waals surface area (Å²) >= 11 is 1.50. The molecular formula is C16H23N3O2S. The van der Waals surface area contributed by atoms with Crippen molar-refractivity contribution < 1.29 is 9.59 Å². The molecule has 2 fully saturated rings. The zero-order valence-electron chi connectivity index (χ0n) is 13.0. The molecule has 3 rings (SSSR count). The first-order valence-electron chi connectivity index (χ1n) is 8.21. The molecule has 1 aromatic heterocycles. The van der Waals surface area contributed by atoms with Gasteiger partial charge in [-0.15, -0.1) is 11.3 Å². The van der Waals surface area contributed by atoms with Crippen LogP contribution in [0, 0.1) is 5.92 Å². The highest BCUT2D eigenvalue weighted by Gasteiger charge is 2.29. The van der Waals surface area contributed by atoms with Crippen molar-refractivity contribution >= 4 is 28.3 Å². The van der Waals surface area contributed by atoms with E-state index in [2.05, 4.69) is 10.3 Å². The summed E-state index contributed by atoms with van der Waals surface area (Å²) in [6.45, 7) is 3.34. The van der Waals surface area contributed by atoms with Crippen LogP contribution in [0.1, 0.15) is 57.1 Å². The number of nitrogens with one attached hydrogen (secondary N) is 1. The van der Waals surface area contributed by atoms with Gasteiger partial charge in [0.1, 0.15) is 0 Å². The van der Waals surface area contributed by atoms with Crippen LogP contribution in [-0.4, -0.2) is 34.8 Å². The van der Waals surface area contributed by atoms with Crippen LogP contribution in [0.4, 0.5) is 5.13 Å². The number of likely N-dealkylation sites (tertiary alicyclic amines) is 1. The van der Waals surface area contributed by atoms with E-state index in [-0.39, 0.29) is 17.7 Å². The minimum atomic E-state index is -0.108. The highest BCUT2D eigenvalue weighted by Crippen LogP contribution is 2.40. The monoisotopic (exact) mass is 321 g/mol. The van der Waals surface area contributed by atoms with Crippen LogP contribution in [0.25, 0.3) is 0 Å². The fourth-order valence-corrected chi connectivity index (χ4v) is 3.70. The summed E-state index contributed by atoms with van der Waals surface area (Å²) in [5.74, 6) is 0.678. The van der Waals surface area contributed by atoms with Gasteiger partial charge in [0.2, 0.25) is 11.8 Å². The SMILES string of the molecule is CCCC(=O)N1CCC[C@@H](C(=O)Nc2nc(C3CC3)cs2)C1. The number of amides is 2. The van der Waals surface area contributed by atoms with Gasteiger partial charge in [-0.25, -0.2) is 4.98 Å². The average Bonchev–Trinajstić information content (AvgIpc) is 3.28. The van der Waals surface area contributed by atoms with Gasteiger partial charge in [-0.1, -0.05) is 6.92 Å². The first kappa shape index (κ1) is 15.5. The van der Waals surface area contributed by atoms with E-state index >= 15 is 0 Å². The number of carbonyl (C=O) groups is 2. The second-order valence-corrected chi connectivity index (χ2v) is 7.13. The van der Waals surface area contributed by atoms with Gasteiger partial charge in [-0.2, -0.15) is 0 Å². The van der Waals surface area contributed by atoms with Gasteiger partial charge < -0.3 is 10.2 Å². The molecule has 5 nitrogen and oxygen atoms in total. The second-order valence-electron chi connectivity index (χ2n) is 6.27. The number of rotatable bonds is 5. The van der Waals surface area contributed by atoms with Crippen LogP contribution in [0.5, 0.6) is 0 Å². The number of nitrogens with zero attached hydrogens (tertiary/aromatic N) is 2. The Morgan fingerprint density at radius 2 is 2.23 bits per heavy atom. The predicted molar refractivity (Wildman–Crippen MR) is 86.9 cm³/mol. The number of carbonyl (C=O) groups excluding carboxylic acids is 2. The first-order chi connectivity index (χ1) is 10.7. The van der Waals surface area contributed by atoms with E-state index in [0.29, 0.717) is 24.0 Å². The maximum Gasteiger partial charge on any atom is 0.231 e. The minimum absolute atomic E-state index is 0.00527. The highest BCUT2D eigenvalue weighted by molar-refractivity contribution is 7.13. The van der Waals surface area contributed by atoms with Crippen molar-refractivity contribution in [3.05, 3.63) is 11.1 Å². The number of thiazole rings is 1. The normalized spacial score (nSPS) is 21.7. The Bertz CT molecular complexity index is 553. The number of anilines is 1. The molecule has 22 heavy (non-hydrogen) atoms. The topological polar surface area (TPSA) is 62.3 Å². The number of hydrogen-bond donors (Lipinski definition) is 1. The van der Waals surface area contributed by atoms with E-state index in [9.17, 15) is 9.59 Å². The van der Waals surface area contributed by atoms with Crippen LogP contribution in [0.15, 0.2) is 5.38 Å². The van der Waals surface area contributed by atoms with Gasteiger partial charge >= 0.3 is 0 Å². The maximum absolute atomic E-state index is 12.4. The summed E-state index contributed by atoms with van der Waals surface area (Å²) in [7, 11) is 0. The van der Waals surface area contributed by atoms with Gasteiger partial charge in [0.25, 0.3) is 0 Å². The highest BCUT2D eigenvalue weighted by atomic mass is 32.1. The smallest absolute Gasteiger partial charge is 0.231 e. The lowest BCUT2D eigenvalue weighted by Crippen LogP contribution is -2.43. The molecule has 0 bridgehead atoms. The lowest BCUT2D eigenvalue weighted by Gasteiger charge is -2.31. The quantitative estimate of drug-likeness (QED) is 0.907. The number of hydrogen-bond acceptors (Lipinski definition) is 4. The first-order valence-corrected chi connectivity index (χ1v) is 9.09. The van der Waals surface area contributed by atoms with E-state index in [4.69, 9.17) is 0 Å². The molecule has 1 aliphatic heterocycles. The molecular weight excluding hydrogens is 298 g/mol. The summed E-state index contributed by atoms with van der Waals surface area (Å²) in [5, 5.41) is 5.68. The molecule has 1 saturated heterocycles. The van der Waals surface area contributed by atoms with Crippen LogP contribution in [0.3, 0.4) is 0 Å². The van der Waals surface area contributed by atoms with E-state index in [1.807, 2.05) is 17.2 Å². The third kappa shape index (κ3) is 3.66. The van der Waals surface area contributed by atoms with Crippen molar-refractivity contribution in [2.45, 2.75) is 51.4 Å². The Labute approximate surface area is 135 Å². The summed E-state index contributed by atoms with van der Waals surface area (Å²) in [5.41, 5.74) is 1.11. The molecule has 2 aliphatic rings. The minimum Gasteiger partial charge on any atom is -0.342 e. The van der Waals surface area contributed by atoms with Gasteiger partial charge in [0, 0.05) is 30.8 Å². The number of piperidine rings is 1. The summed E-state index contributed by atoms with van der Waals surface area (Å²) in [6.07, 6.45) is 5.62. The Hall–Kier alpha value is -1.43. The third-order valence-corrected chi connectivity index (χ3v) is 5.13. The fourth-order valence-electron chi connectivity index (χ4n) is 2.91. The molecule has 0 radical (unpaired) electrons. The predicted octanol–water partition coefficient (Wildman–Crippen LogP) is 3.00. The molecule has 0 spiro atoms. The van der Waals surface area contributed by atoms with Gasteiger partial charge in [0.05, 0.1) is 11.6 Å². The molecule has 120 valence electrons. The molecule has 2 amide bonds. The zero-order valence-corrected chi connectivity index (χ0v) is 13.8. The molecule has 1 atom stereocenters. The molecule has 6 heteroatoms. The summed E-state index contributed by atoms with van der Waals surface area (Å²) in [4.78, 5) is 30.7. The Balaban J connectivity index is 1.55. The van der Waals surface area contributed by atoms with Crippen molar-refractivity contribution in [3.63, 3.8) is 0 Å². The van der Waals surface area contributed by atoms with E-state index in [0.717, 1.165) is 31.5 Å². The molecule has 1 aliphatic carbocycles. The third-order valence-electron chi connectivity index (χ3n) is 4.36. The Morgan fingerprint density at radius 3 is 2.95 bits per heavy atom. The zero-order chi connectivity index (χ0) is 15.5. The van der Waals surface area contributed by atoms with Crippen molar-refractivity contribution in [3.8, 4) is 0 Å². The molecule has 0 unspecified atom stereocenters. The Morgan fingerprint density at radius 1 is 1.41 bits per heavy atom. The molecule has 2 heterocycles. The average molecular weight is 321 g/mol. The van der Waals surface area contributed by atoms with Crippen molar-refractivity contribution in [2.24, 2.45) is 5.92 Å². The number of aromatic nitrogens is 1. The van der Waals surface area contributed by atoms with Crippen molar-refractivity contribution in [2.75, 3.05) is 18.4 Å². The summed E-state index contributed by atoms with van der Waals surface area (Å²) in [6, 6.07) is 0. The Kier molecular flexibility index (Phi) is 4.76. The second kappa shape index (κ2) is 6.77. The van der Waals surface area contributed by atoms with Gasteiger partial charge in [-0.05, 0) is 32.1 Å². The van der Waals surface area contributed by atoms with E-state index in [1.54, 1.807) is 0 Å². The molecule has 1 aromatic rings. The van der Waals surface area contributed by atoms with Crippen LogP contribution in [0.2, 0.25) is 0 Å². The molecule has 1 N–H and O–H groups in total. The van der Waals surface area contributed by atoms with Crippen molar-refractivity contribution in [1.29, 1.82) is 0 Å². The van der Waals surface area contributed by atoms with Gasteiger partial charge in [0.15, 0.2) is 5.13 Å². The van der Waals surface area contributed by atoms with Crippen molar-refractivity contribution in [1.82, 2.24) is 9.88 Å². The summed E-state index contributed by atoms with van der Waals surface area (Å²) < 4.78 is 0. The van der Waals surface area contributed by atoms with Crippen LogP contribution >= 0.6 is 11.3 Å². The maximum atomic E-state index is 12.4. The van der Waals surface area contributed by atoms with E-state index < -0.39 is 0 Å². The standard InChI is InChI=1S/C16H23N3O2S/c1-2-4-14(20)19-8-3-5-12(9-19)15(21)18-16-17-13(10-22-16)11-6-7-11/h10-12H,2-9H2,1H3,(H,17,18,21)/t12-/m1/s1. The lowest BCUT2D eigenvalue weighted by atomic mass is 9.97. The van der Waals surface area contributed by atoms with Crippen LogP contribution < -0.4 is 5.32 Å². The van der Waals surface area contributed by atoms with Crippen LogP contribution in [-0.2, 0) is 9.59 Å². The van der Waals surface area contributed by atoms with Gasteiger partial charge in [-0.3, -0.25) is 9.59 Å². The van der Waals surface area contributed by atoms with E-state index in [1.165, 1.54) is 24.2 Å². The molecule has 0 aromatic carbocycles. The molecule has 1 saturated carbocycles. The fraction of sp³-hybridized carbons (Fsp3) is 0.688. The lowest BCUT2D eigenvalue weighted by molar-refractivity contribution is -0.134. The largest absolute Gasteiger partial charge is 0.342 e.